The summed E-state index contributed by atoms with van der Waals surface area (Å²) in [7, 11) is 0. The maximum Gasteiger partial charge on any atom is 0.338 e. The molecule has 35 heavy (non-hydrogen) atoms. The molecule has 0 N–H and O–H groups in total. The monoisotopic (exact) mass is 474 g/mol. The van der Waals surface area contributed by atoms with Crippen LogP contribution in [0.2, 0.25) is 0 Å². The summed E-state index contributed by atoms with van der Waals surface area (Å²) in [5, 5.41) is 0. The van der Waals surface area contributed by atoms with E-state index >= 15 is 4.39 Å². The van der Waals surface area contributed by atoms with E-state index in [0.29, 0.717) is 45.9 Å². The largest absolute Gasteiger partial charge is 0.423 e. The van der Waals surface area contributed by atoms with E-state index in [1.165, 1.54) is 6.07 Å². The zero-order valence-electron chi connectivity index (χ0n) is 20.0. The summed E-state index contributed by atoms with van der Waals surface area (Å²) in [6, 6.07) is 16.7. The smallest absolute Gasteiger partial charge is 0.338 e. The molecule has 0 unspecified atom stereocenters. The summed E-state index contributed by atoms with van der Waals surface area (Å²) in [6.45, 7) is 12.9. The van der Waals surface area contributed by atoms with E-state index in [4.69, 9.17) is 14.2 Å². The lowest BCUT2D eigenvalue weighted by molar-refractivity contribution is -0.130. The molecule has 0 heterocycles. The molecule has 5 nitrogen and oxygen atoms in total. The minimum atomic E-state index is -0.518. The third-order valence-electron chi connectivity index (χ3n) is 5.10. The summed E-state index contributed by atoms with van der Waals surface area (Å²) < 4.78 is 31.2. The standard InChI is InChI=1S/C29H27FO5/c1-6-33-17-22-15-24(35-29(32)19(4)5)12-14-25(22)21-9-13-26(27(30)16-21)20-7-10-23(11-8-20)34-28(31)18(2)3/h7-16H,2,4,6,17H2,1,3,5H3. The second-order valence-corrected chi connectivity index (χ2v) is 8.01. The predicted molar refractivity (Wildman–Crippen MR) is 133 cm³/mol. The molecule has 3 aromatic rings. The van der Waals surface area contributed by atoms with Gasteiger partial charge in [0.15, 0.2) is 0 Å². The van der Waals surface area contributed by atoms with Gasteiger partial charge in [-0.15, -0.1) is 0 Å². The van der Waals surface area contributed by atoms with Crippen LogP contribution in [0.15, 0.2) is 85.0 Å². The first-order valence-electron chi connectivity index (χ1n) is 11.1. The maximum absolute atomic E-state index is 15.2. The first-order chi connectivity index (χ1) is 16.7. The van der Waals surface area contributed by atoms with Gasteiger partial charge in [-0.1, -0.05) is 43.5 Å². The molecule has 0 aliphatic rings. The van der Waals surface area contributed by atoms with Crippen molar-refractivity contribution in [2.24, 2.45) is 0 Å². The number of carbonyl (C=O) groups excluding carboxylic acids is 2. The van der Waals surface area contributed by atoms with E-state index in [1.54, 1.807) is 62.4 Å². The number of esters is 2. The normalized spacial score (nSPS) is 10.5. The Bertz CT molecular complexity index is 1270. The molecule has 0 saturated carbocycles. The van der Waals surface area contributed by atoms with Crippen LogP contribution in [0, 0.1) is 5.82 Å². The van der Waals surface area contributed by atoms with Crippen LogP contribution in [0.25, 0.3) is 22.3 Å². The number of benzene rings is 3. The molecule has 3 rings (SSSR count). The predicted octanol–water partition coefficient (Wildman–Crippen LogP) is 6.66. The highest BCUT2D eigenvalue weighted by Gasteiger charge is 2.14. The number of hydrogen-bond acceptors (Lipinski definition) is 5. The SMILES string of the molecule is C=C(C)C(=O)Oc1ccc(-c2ccc(-c3ccc(OC(=O)C(=C)C)cc3COCC)cc2F)cc1. The first kappa shape index (κ1) is 25.6. The Kier molecular flexibility index (Phi) is 8.34. The Hall–Kier alpha value is -4.03. The lowest BCUT2D eigenvalue weighted by atomic mass is 9.96. The maximum atomic E-state index is 15.2. The Morgan fingerprint density at radius 2 is 1.31 bits per heavy atom. The lowest BCUT2D eigenvalue weighted by Gasteiger charge is -2.14. The van der Waals surface area contributed by atoms with Gasteiger partial charge in [-0.05, 0) is 73.4 Å². The van der Waals surface area contributed by atoms with Gasteiger partial charge in [0.1, 0.15) is 17.3 Å². The average Bonchev–Trinajstić information content (AvgIpc) is 2.83. The second-order valence-electron chi connectivity index (χ2n) is 8.01. The van der Waals surface area contributed by atoms with Gasteiger partial charge in [0.05, 0.1) is 6.61 Å². The zero-order chi connectivity index (χ0) is 25.5. The number of hydrogen-bond donors (Lipinski definition) is 0. The lowest BCUT2D eigenvalue weighted by Crippen LogP contribution is -2.08. The van der Waals surface area contributed by atoms with Crippen molar-refractivity contribution in [2.45, 2.75) is 27.4 Å². The highest BCUT2D eigenvalue weighted by atomic mass is 19.1. The van der Waals surface area contributed by atoms with Crippen LogP contribution < -0.4 is 9.47 Å². The van der Waals surface area contributed by atoms with Crippen LogP contribution in [0.5, 0.6) is 11.5 Å². The van der Waals surface area contributed by atoms with E-state index in [-0.39, 0.29) is 6.61 Å². The van der Waals surface area contributed by atoms with Gasteiger partial charge in [0.2, 0.25) is 0 Å². The molecule has 0 radical (unpaired) electrons. The highest BCUT2D eigenvalue weighted by Crippen LogP contribution is 2.33. The number of carbonyl (C=O) groups is 2. The molecule has 0 spiro atoms. The molecule has 0 saturated heterocycles. The molecule has 0 atom stereocenters. The highest BCUT2D eigenvalue weighted by molar-refractivity contribution is 5.89. The van der Waals surface area contributed by atoms with E-state index in [0.717, 1.165) is 11.1 Å². The average molecular weight is 475 g/mol. The molecule has 0 fully saturated rings. The summed E-state index contributed by atoms with van der Waals surface area (Å²) in [5.41, 5.74) is 3.81. The molecular weight excluding hydrogens is 447 g/mol. The molecular formula is C29H27FO5. The van der Waals surface area contributed by atoms with Gasteiger partial charge in [0.25, 0.3) is 0 Å². The summed E-state index contributed by atoms with van der Waals surface area (Å²) in [4.78, 5) is 23.6. The fourth-order valence-electron chi connectivity index (χ4n) is 3.25. The van der Waals surface area contributed by atoms with Crippen molar-refractivity contribution in [3.63, 3.8) is 0 Å². The van der Waals surface area contributed by atoms with Crippen LogP contribution in [0.3, 0.4) is 0 Å². The Morgan fingerprint density at radius 1 is 0.771 bits per heavy atom. The quantitative estimate of drug-likeness (QED) is 0.197. The third-order valence-corrected chi connectivity index (χ3v) is 5.10. The number of rotatable bonds is 9. The van der Waals surface area contributed by atoms with Gasteiger partial charge in [-0.2, -0.15) is 0 Å². The Balaban J connectivity index is 1.89. The summed E-state index contributed by atoms with van der Waals surface area (Å²) in [6.07, 6.45) is 0. The Morgan fingerprint density at radius 3 is 1.89 bits per heavy atom. The topological polar surface area (TPSA) is 61.8 Å². The summed E-state index contributed by atoms with van der Waals surface area (Å²) >= 11 is 0. The van der Waals surface area contributed by atoms with E-state index in [9.17, 15) is 9.59 Å². The number of halogens is 1. The van der Waals surface area contributed by atoms with Crippen LogP contribution >= 0.6 is 0 Å². The minimum Gasteiger partial charge on any atom is -0.423 e. The zero-order valence-corrected chi connectivity index (χ0v) is 20.0. The van der Waals surface area contributed by atoms with Gasteiger partial charge < -0.3 is 14.2 Å². The van der Waals surface area contributed by atoms with Crippen LogP contribution in [-0.4, -0.2) is 18.5 Å². The number of ether oxygens (including phenoxy) is 3. The molecule has 0 aliphatic heterocycles. The van der Waals surface area contributed by atoms with Crippen molar-refractivity contribution < 1.29 is 28.2 Å². The van der Waals surface area contributed by atoms with Crippen LogP contribution in [0.4, 0.5) is 4.39 Å². The molecule has 3 aromatic carbocycles. The fourth-order valence-corrected chi connectivity index (χ4v) is 3.25. The molecule has 0 aromatic heterocycles. The van der Waals surface area contributed by atoms with Gasteiger partial charge in [-0.3, -0.25) is 0 Å². The van der Waals surface area contributed by atoms with Gasteiger partial charge >= 0.3 is 11.9 Å². The molecule has 0 aliphatic carbocycles. The summed E-state index contributed by atoms with van der Waals surface area (Å²) in [5.74, 6) is -0.727. The Labute approximate surface area is 204 Å². The van der Waals surface area contributed by atoms with Gasteiger partial charge in [0, 0.05) is 23.3 Å². The molecule has 6 heteroatoms. The van der Waals surface area contributed by atoms with Crippen LogP contribution in [-0.2, 0) is 20.9 Å². The molecule has 0 amide bonds. The van der Waals surface area contributed by atoms with E-state index < -0.39 is 17.8 Å². The van der Waals surface area contributed by atoms with E-state index in [2.05, 4.69) is 13.2 Å². The van der Waals surface area contributed by atoms with E-state index in [1.807, 2.05) is 13.0 Å². The second kappa shape index (κ2) is 11.4. The minimum absolute atomic E-state index is 0.276. The molecule has 0 bridgehead atoms. The van der Waals surface area contributed by atoms with Gasteiger partial charge in [-0.25, -0.2) is 14.0 Å². The van der Waals surface area contributed by atoms with Crippen molar-refractivity contribution in [3.8, 4) is 33.8 Å². The van der Waals surface area contributed by atoms with Crippen LogP contribution in [0.1, 0.15) is 26.3 Å². The first-order valence-corrected chi connectivity index (χ1v) is 11.1. The van der Waals surface area contributed by atoms with Crippen molar-refractivity contribution in [2.75, 3.05) is 6.61 Å². The van der Waals surface area contributed by atoms with Crippen molar-refractivity contribution in [1.82, 2.24) is 0 Å². The van der Waals surface area contributed by atoms with Crippen molar-refractivity contribution in [3.05, 3.63) is 96.3 Å². The molecule has 180 valence electrons. The van der Waals surface area contributed by atoms with Crippen molar-refractivity contribution >= 4 is 11.9 Å². The fraction of sp³-hybridized carbons (Fsp3) is 0.172. The third kappa shape index (κ3) is 6.52. The van der Waals surface area contributed by atoms with Crippen molar-refractivity contribution in [1.29, 1.82) is 0 Å².